The number of amides is 3. The van der Waals surface area contributed by atoms with Gasteiger partial charge in [-0.1, -0.05) is 20.8 Å². The van der Waals surface area contributed by atoms with E-state index in [1.54, 1.807) is 0 Å². The van der Waals surface area contributed by atoms with Crippen LogP contribution in [-0.4, -0.2) is 42.0 Å². The van der Waals surface area contributed by atoms with Crippen molar-refractivity contribution >= 4 is 29.2 Å². The first kappa shape index (κ1) is 18.9. The van der Waals surface area contributed by atoms with Crippen molar-refractivity contribution in [3.8, 4) is 0 Å². The number of nitrogens with one attached hydrogen (secondary N) is 1. The Morgan fingerprint density at radius 2 is 2.12 bits per heavy atom. The summed E-state index contributed by atoms with van der Waals surface area (Å²) in [5, 5.41) is 2.57. The molecule has 3 amide bonds. The van der Waals surface area contributed by atoms with E-state index in [-0.39, 0.29) is 5.41 Å². The van der Waals surface area contributed by atoms with Crippen LogP contribution in [0.4, 0.5) is 4.79 Å². The fraction of sp³-hybridized carbons (Fsp3) is 0.632. The molecule has 6 nitrogen and oxygen atoms in total. The number of esters is 1. The highest BCUT2D eigenvalue weighted by Gasteiger charge is 2.33. The summed E-state index contributed by atoms with van der Waals surface area (Å²) in [6.07, 6.45) is 2.11. The zero-order chi connectivity index (χ0) is 19.1. The Bertz CT molecular complexity index is 734. The lowest BCUT2D eigenvalue weighted by Gasteiger charge is -2.33. The van der Waals surface area contributed by atoms with Gasteiger partial charge >= 0.3 is 12.0 Å². The van der Waals surface area contributed by atoms with Crippen molar-refractivity contribution < 1.29 is 19.1 Å². The molecule has 26 heavy (non-hydrogen) atoms. The predicted molar refractivity (Wildman–Crippen MR) is 99.3 cm³/mol. The van der Waals surface area contributed by atoms with Crippen molar-refractivity contribution in [2.45, 2.75) is 53.1 Å². The maximum absolute atomic E-state index is 12.5. The Hall–Kier alpha value is -1.89. The molecule has 1 N–H and O–H groups in total. The van der Waals surface area contributed by atoms with Crippen molar-refractivity contribution in [3.63, 3.8) is 0 Å². The molecule has 0 aromatic carbocycles. The third kappa shape index (κ3) is 3.77. The Kier molecular flexibility index (Phi) is 5.10. The Morgan fingerprint density at radius 1 is 1.38 bits per heavy atom. The molecule has 2 atom stereocenters. The number of thiophene rings is 1. The molecular weight excluding hydrogens is 352 g/mol. The molecule has 1 aliphatic carbocycles. The number of hydrogen-bond acceptors (Lipinski definition) is 5. The third-order valence-electron chi connectivity index (χ3n) is 5.26. The van der Waals surface area contributed by atoms with Gasteiger partial charge in [-0.15, -0.1) is 11.3 Å². The normalized spacial score (nSPS) is 21.2. The van der Waals surface area contributed by atoms with Gasteiger partial charge in [0.25, 0.3) is 5.91 Å². The van der Waals surface area contributed by atoms with Crippen LogP contribution in [0.15, 0.2) is 6.07 Å². The number of urea groups is 1. The topological polar surface area (TPSA) is 75.7 Å². The van der Waals surface area contributed by atoms with Gasteiger partial charge in [-0.25, -0.2) is 9.59 Å². The summed E-state index contributed by atoms with van der Waals surface area (Å²) in [5.74, 6) is -0.373. The first-order chi connectivity index (χ1) is 12.2. The maximum Gasteiger partial charge on any atom is 0.349 e. The molecule has 1 fully saturated rings. The summed E-state index contributed by atoms with van der Waals surface area (Å²) in [7, 11) is 0. The van der Waals surface area contributed by atoms with Gasteiger partial charge in [0.15, 0.2) is 6.10 Å². The average Bonchev–Trinajstić information content (AvgIpc) is 3.18. The number of fused-ring (bicyclic) bond motifs is 1. The summed E-state index contributed by atoms with van der Waals surface area (Å²) >= 11 is 1.46. The zero-order valence-corrected chi connectivity index (χ0v) is 16.6. The van der Waals surface area contributed by atoms with Crippen molar-refractivity contribution in [2.75, 3.05) is 13.1 Å². The minimum Gasteiger partial charge on any atom is -0.448 e. The fourth-order valence-corrected chi connectivity index (χ4v) is 4.63. The molecule has 142 valence electrons. The van der Waals surface area contributed by atoms with Gasteiger partial charge in [0.05, 0.1) is 0 Å². The number of nitrogens with zero attached hydrogens (tertiary/aromatic N) is 1. The maximum atomic E-state index is 12.5. The largest absolute Gasteiger partial charge is 0.448 e. The summed E-state index contributed by atoms with van der Waals surface area (Å²) in [4.78, 5) is 39.2. The molecule has 3 rings (SSSR count). The minimum absolute atomic E-state index is 0.248. The smallest absolute Gasteiger partial charge is 0.349 e. The second kappa shape index (κ2) is 7.02. The van der Waals surface area contributed by atoms with Crippen LogP contribution in [0.5, 0.6) is 0 Å². The number of aryl methyl sites for hydroxylation is 1. The average molecular weight is 378 g/mol. The van der Waals surface area contributed by atoms with Gasteiger partial charge in [-0.2, -0.15) is 0 Å². The number of imide groups is 1. The van der Waals surface area contributed by atoms with Crippen LogP contribution in [0.3, 0.4) is 0 Å². The molecule has 1 aromatic rings. The fourth-order valence-electron chi connectivity index (χ4n) is 3.53. The molecule has 0 bridgehead atoms. The van der Waals surface area contributed by atoms with Gasteiger partial charge in [0.1, 0.15) is 4.88 Å². The number of ether oxygens (including phenoxy) is 1. The molecule has 0 saturated carbocycles. The lowest BCUT2D eigenvalue weighted by molar-refractivity contribution is -0.135. The number of carbonyl (C=O) groups excluding carboxylic acids is 3. The van der Waals surface area contributed by atoms with Gasteiger partial charge in [0, 0.05) is 18.0 Å². The molecule has 0 unspecified atom stereocenters. The molecule has 7 heteroatoms. The van der Waals surface area contributed by atoms with Crippen LogP contribution in [0.2, 0.25) is 0 Å². The van der Waals surface area contributed by atoms with Crippen molar-refractivity contribution in [1.82, 2.24) is 10.2 Å². The Morgan fingerprint density at radius 3 is 2.73 bits per heavy atom. The van der Waals surface area contributed by atoms with Crippen LogP contribution in [0, 0.1) is 11.3 Å². The summed E-state index contributed by atoms with van der Waals surface area (Å²) in [6.45, 7) is 9.01. The molecule has 0 spiro atoms. The quantitative estimate of drug-likeness (QED) is 0.821. The van der Waals surface area contributed by atoms with Crippen LogP contribution >= 0.6 is 11.3 Å². The predicted octanol–water partition coefficient (Wildman–Crippen LogP) is 3.00. The van der Waals surface area contributed by atoms with E-state index in [4.69, 9.17) is 4.74 Å². The van der Waals surface area contributed by atoms with E-state index < -0.39 is 24.0 Å². The van der Waals surface area contributed by atoms with Crippen LogP contribution in [0.25, 0.3) is 0 Å². The standard InChI is InChI=1S/C19H26N2O4S/c1-11(16(22)21-8-7-20-18(21)24)25-17(23)15-10-12-9-13(19(2,3)4)5-6-14(12)26-15/h10-11,13H,5-9H2,1-4H3,(H,20,24)/t11-,13-/m1/s1. The summed E-state index contributed by atoms with van der Waals surface area (Å²) < 4.78 is 5.33. The highest BCUT2D eigenvalue weighted by molar-refractivity contribution is 7.14. The van der Waals surface area contributed by atoms with Crippen molar-refractivity contribution in [2.24, 2.45) is 11.3 Å². The molecule has 1 aromatic heterocycles. The molecule has 1 saturated heterocycles. The Labute approximate surface area is 157 Å². The van der Waals surface area contributed by atoms with Gasteiger partial charge in [-0.3, -0.25) is 9.69 Å². The van der Waals surface area contributed by atoms with E-state index in [1.807, 2.05) is 6.07 Å². The lowest BCUT2D eigenvalue weighted by Crippen LogP contribution is -2.41. The number of carbonyl (C=O) groups is 3. The minimum atomic E-state index is -0.979. The van der Waals surface area contributed by atoms with Crippen molar-refractivity contribution in [1.29, 1.82) is 0 Å². The van der Waals surface area contributed by atoms with Crippen molar-refractivity contribution in [3.05, 3.63) is 21.4 Å². The third-order valence-corrected chi connectivity index (χ3v) is 6.48. The number of rotatable bonds is 3. The number of hydrogen-bond donors (Lipinski definition) is 1. The van der Waals surface area contributed by atoms with Crippen LogP contribution in [-0.2, 0) is 22.4 Å². The second-order valence-corrected chi connectivity index (χ2v) is 9.27. The molecule has 2 aliphatic rings. The second-order valence-electron chi connectivity index (χ2n) is 8.13. The van der Waals surface area contributed by atoms with Gasteiger partial charge in [-0.05, 0) is 49.1 Å². The van der Waals surface area contributed by atoms with E-state index in [0.29, 0.717) is 23.9 Å². The zero-order valence-electron chi connectivity index (χ0n) is 15.8. The van der Waals surface area contributed by atoms with Gasteiger partial charge < -0.3 is 10.1 Å². The Balaban J connectivity index is 1.65. The van der Waals surface area contributed by atoms with E-state index in [2.05, 4.69) is 26.1 Å². The highest BCUT2D eigenvalue weighted by Crippen LogP contribution is 2.40. The molecular formula is C19H26N2O4S. The summed E-state index contributed by atoms with van der Waals surface area (Å²) in [6, 6.07) is 1.48. The first-order valence-corrected chi connectivity index (χ1v) is 9.90. The van der Waals surface area contributed by atoms with E-state index in [9.17, 15) is 14.4 Å². The van der Waals surface area contributed by atoms with Crippen LogP contribution in [0.1, 0.15) is 54.2 Å². The van der Waals surface area contributed by atoms with E-state index in [0.717, 1.165) is 24.2 Å². The molecule has 2 heterocycles. The SMILES string of the molecule is C[C@@H](OC(=O)c1cc2c(s1)CC[C@@H](C(C)(C)C)C2)C(=O)N1CCNC1=O. The first-order valence-electron chi connectivity index (χ1n) is 9.08. The molecule has 1 aliphatic heterocycles. The highest BCUT2D eigenvalue weighted by atomic mass is 32.1. The van der Waals surface area contributed by atoms with Gasteiger partial charge in [0.2, 0.25) is 0 Å². The monoisotopic (exact) mass is 378 g/mol. The summed E-state index contributed by atoms with van der Waals surface area (Å²) in [5.41, 5.74) is 1.48. The lowest BCUT2D eigenvalue weighted by atomic mass is 9.72. The van der Waals surface area contributed by atoms with E-state index >= 15 is 0 Å². The molecule has 0 radical (unpaired) electrons. The van der Waals surface area contributed by atoms with Crippen LogP contribution < -0.4 is 5.32 Å². The van der Waals surface area contributed by atoms with E-state index in [1.165, 1.54) is 28.7 Å².